The summed E-state index contributed by atoms with van der Waals surface area (Å²) in [5.41, 5.74) is 14.5. The van der Waals surface area contributed by atoms with E-state index in [-0.39, 0.29) is 42.4 Å². The summed E-state index contributed by atoms with van der Waals surface area (Å²) in [6.07, 6.45) is 23.0. The summed E-state index contributed by atoms with van der Waals surface area (Å²) in [6.45, 7) is 9.88. The van der Waals surface area contributed by atoms with Crippen LogP contribution in [-0.2, 0) is 20.9 Å². The van der Waals surface area contributed by atoms with E-state index in [1.54, 1.807) is 23.5 Å². The fourth-order valence-electron chi connectivity index (χ4n) is 14.6. The number of aromatic hydroxyl groups is 1. The van der Waals surface area contributed by atoms with E-state index in [0.29, 0.717) is 47.0 Å². The number of hydrogen-bond acceptors (Lipinski definition) is 13. The number of piperazine rings is 1. The summed E-state index contributed by atoms with van der Waals surface area (Å²) in [7, 11) is 0. The lowest BCUT2D eigenvalue weighted by Crippen LogP contribution is -2.58. The Hall–Kier alpha value is -6.13. The standard InChI is InChI=1S/C62H80N10O5S/c1-38-55(78-37-66-38)43-19-15-40(16-20-43)32-65-59(76)52-28-48(73)36-71(52)60(77)56(61(2,3)4)67-58(75)44-23-25-62(26-24-44)30-41(31-62)27-39-13-17-42(18-14-39)45-9-5-8-12-54(64-33-45)72-46-21-22-47(72)35-70(34-46)51-29-50(68-69-57(51)63)49-10-6-7-11-53(49)74/h5-7,9-11,15-16,19-20,29,33,37,39,41-42,44,46-48,52,56,73-74H,8,12-14,17-18,21-28,30-32,34-36H2,1-4H3,(H2,63,69)(H,65,76)(H,67,75)/t39?,41?,42?,44?,46?,47?,48-,52+,56-,62?/m1/s1. The van der Waals surface area contributed by atoms with Gasteiger partial charge in [-0.1, -0.05) is 69.3 Å². The summed E-state index contributed by atoms with van der Waals surface area (Å²) < 4.78 is 0. The zero-order valence-electron chi connectivity index (χ0n) is 46.1. The predicted molar refractivity (Wildman–Crippen MR) is 307 cm³/mol. The molecule has 11 rings (SSSR count). The molecular formula is C62H80N10O5S. The van der Waals surface area contributed by atoms with Crippen molar-refractivity contribution in [3.63, 3.8) is 0 Å². The van der Waals surface area contributed by atoms with Gasteiger partial charge in [-0.25, -0.2) is 9.98 Å². The lowest BCUT2D eigenvalue weighted by molar-refractivity contribution is -0.145. The van der Waals surface area contributed by atoms with E-state index in [9.17, 15) is 24.6 Å². The highest BCUT2D eigenvalue weighted by Crippen LogP contribution is 2.58. The number of hydrogen-bond donors (Lipinski definition) is 5. The Kier molecular flexibility index (Phi) is 15.6. The van der Waals surface area contributed by atoms with Crippen LogP contribution in [0.4, 0.5) is 11.5 Å². The van der Waals surface area contributed by atoms with Crippen LogP contribution in [0.1, 0.15) is 135 Å². The Labute approximate surface area is 464 Å². The molecular weight excluding hydrogens is 997 g/mol. The maximum Gasteiger partial charge on any atom is 0.246 e. The summed E-state index contributed by atoms with van der Waals surface area (Å²) in [5.74, 6) is 3.02. The molecule has 2 aromatic heterocycles. The molecule has 2 bridgehead atoms. The number of aliphatic imine (C=N–C) groups is 1. The number of aromatic nitrogens is 3. The Morgan fingerprint density at radius 1 is 0.897 bits per heavy atom. The average Bonchev–Trinajstić information content (AvgIpc) is 4.13. The molecule has 3 amide bonds. The van der Waals surface area contributed by atoms with E-state index >= 15 is 0 Å². The molecule has 7 aliphatic rings. The van der Waals surface area contributed by atoms with Crippen molar-refractivity contribution in [2.45, 2.75) is 167 Å². The van der Waals surface area contributed by atoms with Crippen LogP contribution in [0.5, 0.6) is 5.75 Å². The number of para-hydroxylation sites is 1. The third-order valence-corrected chi connectivity index (χ3v) is 19.8. The molecule has 3 aliphatic carbocycles. The number of carbonyl (C=O) groups excluding carboxylic acids is 3. The van der Waals surface area contributed by atoms with E-state index in [1.165, 1.54) is 61.3 Å². The molecule has 6 heterocycles. The zero-order valence-corrected chi connectivity index (χ0v) is 46.9. The number of phenols is 1. The third kappa shape index (κ3) is 11.5. The summed E-state index contributed by atoms with van der Waals surface area (Å²) in [5, 5.41) is 36.1. The van der Waals surface area contributed by atoms with Gasteiger partial charge in [-0.2, -0.15) is 0 Å². The molecule has 5 atom stereocenters. The van der Waals surface area contributed by atoms with Crippen LogP contribution in [0, 0.1) is 41.4 Å². The van der Waals surface area contributed by atoms with Gasteiger partial charge in [0.25, 0.3) is 0 Å². The van der Waals surface area contributed by atoms with E-state index in [1.807, 2.05) is 75.7 Å². The van der Waals surface area contributed by atoms with Gasteiger partial charge in [0.15, 0.2) is 5.82 Å². The number of amidine groups is 1. The maximum absolute atomic E-state index is 14.4. The number of nitrogens with two attached hydrogens (primary N) is 1. The highest BCUT2D eigenvalue weighted by atomic mass is 32.1. The number of allylic oxidation sites excluding steroid dienone is 3. The second kappa shape index (κ2) is 22.5. The van der Waals surface area contributed by atoms with Crippen molar-refractivity contribution in [2.75, 3.05) is 30.3 Å². The molecule has 6 N–H and O–H groups in total. The predicted octanol–water partition coefficient (Wildman–Crippen LogP) is 9.74. The minimum absolute atomic E-state index is 0.0549. The number of benzene rings is 2. The van der Waals surface area contributed by atoms with Gasteiger partial charge in [-0.05, 0) is 160 Å². The smallest absolute Gasteiger partial charge is 0.246 e. The zero-order chi connectivity index (χ0) is 54.3. The Bertz CT molecular complexity index is 2910. The van der Waals surface area contributed by atoms with Gasteiger partial charge in [0.2, 0.25) is 17.7 Å². The number of nitrogens with one attached hydrogen (secondary N) is 2. The molecule has 3 saturated carbocycles. The normalized spacial score (nSPS) is 28.6. The number of nitrogens with zero attached hydrogens (tertiary/aromatic N) is 7. The number of fused-ring (bicyclic) bond motifs is 2. The number of rotatable bonds is 12. The number of nitrogen functional groups attached to an aromatic ring is 1. The fraction of sp³-hybridized carbons (Fsp3) is 0.565. The number of carbonyl (C=O) groups is 3. The van der Waals surface area contributed by atoms with E-state index in [2.05, 4.69) is 54.0 Å². The number of aryl methyl sites for hydroxylation is 1. The van der Waals surface area contributed by atoms with Crippen LogP contribution < -0.4 is 21.3 Å². The fourth-order valence-corrected chi connectivity index (χ4v) is 15.4. The molecule has 2 aromatic carbocycles. The number of likely N-dealkylation sites (tertiary alicyclic amines) is 1. The molecule has 16 heteroatoms. The van der Waals surface area contributed by atoms with Crippen molar-refractivity contribution < 1.29 is 24.6 Å². The number of thiazole rings is 1. The first kappa shape index (κ1) is 53.9. The van der Waals surface area contributed by atoms with Crippen LogP contribution in [0.2, 0.25) is 0 Å². The lowest BCUT2D eigenvalue weighted by Gasteiger charge is -2.52. The van der Waals surface area contributed by atoms with E-state index in [0.717, 1.165) is 104 Å². The highest BCUT2D eigenvalue weighted by Gasteiger charge is 2.49. The minimum atomic E-state index is -0.828. The second-order valence-electron chi connectivity index (χ2n) is 25.2. The second-order valence-corrected chi connectivity index (χ2v) is 26.1. The Morgan fingerprint density at radius 3 is 2.32 bits per heavy atom. The summed E-state index contributed by atoms with van der Waals surface area (Å²) >= 11 is 1.60. The van der Waals surface area contributed by atoms with Gasteiger partial charge in [0.1, 0.15) is 23.7 Å². The van der Waals surface area contributed by atoms with Crippen LogP contribution in [0.15, 0.2) is 89.0 Å². The van der Waals surface area contributed by atoms with Gasteiger partial charge in [-0.3, -0.25) is 14.4 Å². The largest absolute Gasteiger partial charge is 0.507 e. The van der Waals surface area contributed by atoms with Gasteiger partial charge in [0.05, 0.1) is 33.6 Å². The van der Waals surface area contributed by atoms with Gasteiger partial charge in [0, 0.05) is 68.8 Å². The Morgan fingerprint density at radius 2 is 1.63 bits per heavy atom. The number of aliphatic hydroxyl groups is 1. The van der Waals surface area contributed by atoms with Crippen LogP contribution in [0.25, 0.3) is 21.7 Å². The average molecular weight is 1080 g/mol. The first-order valence-corrected chi connectivity index (χ1v) is 29.9. The first-order chi connectivity index (χ1) is 37.6. The number of aliphatic hydroxyl groups excluding tert-OH is 1. The molecule has 3 saturated heterocycles. The van der Waals surface area contributed by atoms with Gasteiger partial charge in [-0.15, -0.1) is 21.5 Å². The quantitative estimate of drug-likeness (QED) is 0.0904. The molecule has 6 fully saturated rings. The minimum Gasteiger partial charge on any atom is -0.507 e. The topological polar surface area (TPSA) is 202 Å². The van der Waals surface area contributed by atoms with E-state index in [4.69, 9.17) is 10.7 Å². The van der Waals surface area contributed by atoms with Gasteiger partial charge >= 0.3 is 0 Å². The summed E-state index contributed by atoms with van der Waals surface area (Å²) in [6, 6.07) is 16.3. The molecule has 15 nitrogen and oxygen atoms in total. The number of anilines is 2. The molecule has 0 radical (unpaired) electrons. The molecule has 2 unspecified atom stereocenters. The maximum atomic E-state index is 14.4. The third-order valence-electron chi connectivity index (χ3n) is 18.8. The van der Waals surface area contributed by atoms with Crippen molar-refractivity contribution in [1.82, 2.24) is 35.6 Å². The van der Waals surface area contributed by atoms with Crippen molar-refractivity contribution >= 4 is 46.4 Å². The monoisotopic (exact) mass is 1080 g/mol. The number of β-amino-alcohol motifs (C(OH)–C–C–N with tert-alkyl or cyclic N) is 1. The SMILES string of the molecule is Cc1ncsc1-c1ccc(CNC(=O)[C@@H]2C[C@@H](O)CN2C(=O)[C@@H](NC(=O)C2CCC3(CC2)CC(CC2CCC(C4=CN=C(N5C6CCC5CN(c5cc(-c7ccccc7O)nnc5N)C6)CCC=C4)CC2)C3)C(C)(C)C)cc1. The molecule has 414 valence electrons. The summed E-state index contributed by atoms with van der Waals surface area (Å²) in [4.78, 5) is 59.3. The van der Waals surface area contributed by atoms with Crippen molar-refractivity contribution in [1.29, 1.82) is 0 Å². The molecule has 4 aromatic rings. The van der Waals surface area contributed by atoms with Crippen LogP contribution in [0.3, 0.4) is 0 Å². The Balaban J connectivity index is 0.626. The van der Waals surface area contributed by atoms with Crippen molar-refractivity contribution in [3.05, 3.63) is 95.3 Å². The van der Waals surface area contributed by atoms with Crippen LogP contribution in [-0.4, -0.2) is 109 Å². The van der Waals surface area contributed by atoms with E-state index < -0.39 is 23.6 Å². The first-order valence-electron chi connectivity index (χ1n) is 29.0. The van der Waals surface area contributed by atoms with Crippen LogP contribution >= 0.6 is 11.3 Å². The molecule has 78 heavy (non-hydrogen) atoms. The van der Waals surface area contributed by atoms with Crippen molar-refractivity contribution in [3.8, 4) is 27.4 Å². The number of phenolic OH excluding ortho intramolecular Hbond substituents is 1. The number of amides is 3. The molecule has 4 aliphatic heterocycles. The highest BCUT2D eigenvalue weighted by molar-refractivity contribution is 7.13. The lowest BCUT2D eigenvalue weighted by atomic mass is 9.53. The molecule has 1 spiro atoms. The van der Waals surface area contributed by atoms with Crippen molar-refractivity contribution in [2.24, 2.45) is 39.5 Å². The van der Waals surface area contributed by atoms with Gasteiger partial charge < -0.3 is 41.3 Å².